The minimum absolute atomic E-state index is 0.300. The number of hydrogen-bond donors (Lipinski definition) is 1. The van der Waals surface area contributed by atoms with E-state index in [-0.39, 0.29) is 6.04 Å². The van der Waals surface area contributed by atoms with E-state index >= 15 is 0 Å². The smallest absolute Gasteiger partial charge is 0.163 e. The second-order valence-electron chi connectivity index (χ2n) is 4.02. The fourth-order valence-electron chi connectivity index (χ4n) is 1.93. The van der Waals surface area contributed by atoms with Gasteiger partial charge in [-0.05, 0) is 31.7 Å². The summed E-state index contributed by atoms with van der Waals surface area (Å²) in [6.45, 7) is 2.08. The first-order valence-corrected chi connectivity index (χ1v) is 6.68. The van der Waals surface area contributed by atoms with Crippen LogP contribution in [-0.2, 0) is 6.42 Å². The molecule has 0 bridgehead atoms. The Morgan fingerprint density at radius 1 is 1.22 bits per heavy atom. The van der Waals surface area contributed by atoms with Crippen LogP contribution in [0.15, 0.2) is 30.3 Å². The third kappa shape index (κ3) is 2.44. The molecule has 1 atom stereocenters. The van der Waals surface area contributed by atoms with Gasteiger partial charge in [0.05, 0.1) is 6.04 Å². The van der Waals surface area contributed by atoms with Crippen LogP contribution in [0.25, 0.3) is 0 Å². The lowest BCUT2D eigenvalue weighted by molar-refractivity contribution is 0.488. The first kappa shape index (κ1) is 13.2. The maximum absolute atomic E-state index is 13.8. The molecule has 0 spiro atoms. The van der Waals surface area contributed by atoms with Gasteiger partial charge in [-0.2, -0.15) is 0 Å². The monoisotopic (exact) mass is 267 g/mol. The van der Waals surface area contributed by atoms with E-state index in [2.05, 4.69) is 12.2 Å². The van der Waals surface area contributed by atoms with E-state index in [1.165, 1.54) is 10.9 Å². The van der Waals surface area contributed by atoms with Crippen LogP contribution in [-0.4, -0.2) is 7.05 Å². The van der Waals surface area contributed by atoms with E-state index in [1.807, 2.05) is 12.1 Å². The van der Waals surface area contributed by atoms with Crippen LogP contribution < -0.4 is 5.32 Å². The van der Waals surface area contributed by atoms with Gasteiger partial charge >= 0.3 is 0 Å². The minimum atomic E-state index is -0.806. The first-order chi connectivity index (χ1) is 8.67. The molecular weight excluding hydrogens is 252 g/mol. The number of benzene rings is 1. The summed E-state index contributed by atoms with van der Waals surface area (Å²) in [5, 5.41) is 3.04. The largest absolute Gasteiger partial charge is 0.309 e. The molecule has 0 aliphatic heterocycles. The summed E-state index contributed by atoms with van der Waals surface area (Å²) in [5.74, 6) is -1.58. The van der Waals surface area contributed by atoms with Crippen LogP contribution in [0.1, 0.15) is 28.3 Å². The SMILES string of the molecule is CCc1ccc(C(NC)c2cccc(F)c2F)s1. The van der Waals surface area contributed by atoms with Crippen molar-refractivity contribution in [3.8, 4) is 0 Å². The van der Waals surface area contributed by atoms with Crippen molar-refractivity contribution in [1.82, 2.24) is 5.32 Å². The van der Waals surface area contributed by atoms with Gasteiger partial charge in [-0.1, -0.05) is 19.1 Å². The molecule has 0 aliphatic rings. The van der Waals surface area contributed by atoms with E-state index in [9.17, 15) is 8.78 Å². The van der Waals surface area contributed by atoms with Gasteiger partial charge in [0.15, 0.2) is 11.6 Å². The molecule has 18 heavy (non-hydrogen) atoms. The van der Waals surface area contributed by atoms with Gasteiger partial charge in [-0.25, -0.2) is 8.78 Å². The molecule has 4 heteroatoms. The highest BCUT2D eigenvalue weighted by Crippen LogP contribution is 2.30. The van der Waals surface area contributed by atoms with Crippen LogP contribution in [0.3, 0.4) is 0 Å². The van der Waals surface area contributed by atoms with E-state index in [4.69, 9.17) is 0 Å². The van der Waals surface area contributed by atoms with Gasteiger partial charge in [-0.15, -0.1) is 11.3 Å². The number of aryl methyl sites for hydroxylation is 1. The third-order valence-corrected chi connectivity index (χ3v) is 4.19. The summed E-state index contributed by atoms with van der Waals surface area (Å²) in [4.78, 5) is 2.24. The normalized spacial score (nSPS) is 12.7. The number of hydrogen-bond acceptors (Lipinski definition) is 2. The highest BCUT2D eigenvalue weighted by molar-refractivity contribution is 7.12. The molecule has 0 saturated heterocycles. The van der Waals surface area contributed by atoms with Gasteiger partial charge in [0.2, 0.25) is 0 Å². The minimum Gasteiger partial charge on any atom is -0.309 e. The van der Waals surface area contributed by atoms with Gasteiger partial charge < -0.3 is 5.32 Å². The molecule has 2 rings (SSSR count). The van der Waals surface area contributed by atoms with Gasteiger partial charge in [-0.3, -0.25) is 0 Å². The predicted octanol–water partition coefficient (Wildman–Crippen LogP) is 3.90. The van der Waals surface area contributed by atoms with Crippen molar-refractivity contribution < 1.29 is 8.78 Å². The maximum atomic E-state index is 13.8. The summed E-state index contributed by atoms with van der Waals surface area (Å²) in [6, 6.07) is 7.98. The zero-order chi connectivity index (χ0) is 13.1. The quantitative estimate of drug-likeness (QED) is 0.886. The Morgan fingerprint density at radius 2 is 2.00 bits per heavy atom. The Bertz CT molecular complexity index is 536. The zero-order valence-corrected chi connectivity index (χ0v) is 11.2. The Hall–Kier alpha value is -1.26. The second-order valence-corrected chi connectivity index (χ2v) is 5.22. The van der Waals surface area contributed by atoms with Crippen molar-refractivity contribution in [3.63, 3.8) is 0 Å². The molecule has 96 valence electrons. The number of nitrogens with one attached hydrogen (secondary N) is 1. The van der Waals surface area contributed by atoms with Crippen molar-refractivity contribution in [1.29, 1.82) is 0 Å². The number of halogens is 2. The van der Waals surface area contributed by atoms with Crippen LogP contribution >= 0.6 is 11.3 Å². The van der Waals surface area contributed by atoms with Crippen molar-refractivity contribution in [3.05, 3.63) is 57.3 Å². The molecule has 1 aromatic heterocycles. The molecule has 0 radical (unpaired) electrons. The fourth-order valence-corrected chi connectivity index (χ4v) is 3.02. The topological polar surface area (TPSA) is 12.0 Å². The Labute approximate surface area is 109 Å². The molecule has 1 aromatic carbocycles. The van der Waals surface area contributed by atoms with Crippen LogP contribution in [0.2, 0.25) is 0 Å². The Kier molecular flexibility index (Phi) is 4.09. The van der Waals surface area contributed by atoms with E-state index in [0.29, 0.717) is 5.56 Å². The summed E-state index contributed by atoms with van der Waals surface area (Å²) in [7, 11) is 1.75. The average molecular weight is 267 g/mol. The molecule has 0 aliphatic carbocycles. The lowest BCUT2D eigenvalue weighted by Gasteiger charge is -2.16. The van der Waals surface area contributed by atoms with Crippen LogP contribution in [0, 0.1) is 11.6 Å². The molecule has 2 aromatic rings. The van der Waals surface area contributed by atoms with Gasteiger partial charge in [0, 0.05) is 15.3 Å². The maximum Gasteiger partial charge on any atom is 0.163 e. The number of rotatable bonds is 4. The molecule has 0 amide bonds. The van der Waals surface area contributed by atoms with E-state index < -0.39 is 11.6 Å². The standard InChI is InChI=1S/C14H15F2NS/c1-3-9-7-8-12(18-9)14(17-2)10-5-4-6-11(15)13(10)16/h4-8,14,17H,3H2,1-2H3. The van der Waals surface area contributed by atoms with E-state index in [0.717, 1.165) is 17.4 Å². The van der Waals surface area contributed by atoms with Crippen molar-refractivity contribution in [2.45, 2.75) is 19.4 Å². The summed E-state index contributed by atoms with van der Waals surface area (Å²) >= 11 is 1.62. The Morgan fingerprint density at radius 3 is 2.61 bits per heavy atom. The molecule has 1 unspecified atom stereocenters. The number of thiophene rings is 1. The molecule has 1 nitrogen and oxygen atoms in total. The predicted molar refractivity (Wildman–Crippen MR) is 71.0 cm³/mol. The summed E-state index contributed by atoms with van der Waals surface area (Å²) < 4.78 is 27.1. The first-order valence-electron chi connectivity index (χ1n) is 5.87. The van der Waals surface area contributed by atoms with Crippen LogP contribution in [0.5, 0.6) is 0 Å². The van der Waals surface area contributed by atoms with E-state index in [1.54, 1.807) is 24.5 Å². The molecule has 1 heterocycles. The van der Waals surface area contributed by atoms with Crippen molar-refractivity contribution in [2.24, 2.45) is 0 Å². The summed E-state index contributed by atoms with van der Waals surface area (Å²) in [6.07, 6.45) is 0.951. The van der Waals surface area contributed by atoms with Crippen molar-refractivity contribution >= 4 is 11.3 Å². The van der Waals surface area contributed by atoms with Crippen molar-refractivity contribution in [2.75, 3.05) is 7.05 Å². The molecule has 0 fully saturated rings. The molecule has 0 saturated carbocycles. The summed E-state index contributed by atoms with van der Waals surface area (Å²) in [5.41, 5.74) is 0.349. The zero-order valence-electron chi connectivity index (χ0n) is 10.3. The Balaban J connectivity index is 2.41. The highest BCUT2D eigenvalue weighted by atomic mass is 32.1. The van der Waals surface area contributed by atoms with Gasteiger partial charge in [0.1, 0.15) is 0 Å². The third-order valence-electron chi connectivity index (χ3n) is 2.90. The molecular formula is C14H15F2NS. The molecule has 1 N–H and O–H groups in total. The second kappa shape index (κ2) is 5.59. The lowest BCUT2D eigenvalue weighted by atomic mass is 10.0. The average Bonchev–Trinajstić information content (AvgIpc) is 2.84. The van der Waals surface area contributed by atoms with Gasteiger partial charge in [0.25, 0.3) is 0 Å². The lowest BCUT2D eigenvalue weighted by Crippen LogP contribution is -2.18. The fraction of sp³-hybridized carbons (Fsp3) is 0.286. The highest BCUT2D eigenvalue weighted by Gasteiger charge is 2.19. The van der Waals surface area contributed by atoms with Crippen LogP contribution in [0.4, 0.5) is 8.78 Å².